The van der Waals surface area contributed by atoms with Crippen LogP contribution in [0, 0.1) is 17.8 Å². The number of carbonyl (C=O) groups excluding carboxylic acids is 1. The largest absolute Gasteiger partial charge is 0.490 e. The minimum absolute atomic E-state index is 0.105. The molecule has 1 spiro atoms. The van der Waals surface area contributed by atoms with Crippen LogP contribution in [0.5, 0.6) is 0 Å². The standard InChI is InChI=1S/C17H31N3O3S.C2HF3O2/c1-5-20-16(21)14-11-18(10-13(2)3)12-15(14)17(20)6-8-19(9-7-17)24(4,22)23;3-2(4,5)1(6)7/h13-15H,5-12H2,1-4H3;(H,6,7)/t14-,15+;/m0./s1. The van der Waals surface area contributed by atoms with Crippen molar-refractivity contribution in [3.8, 4) is 0 Å². The van der Waals surface area contributed by atoms with Crippen molar-refractivity contribution in [2.75, 3.05) is 45.5 Å². The summed E-state index contributed by atoms with van der Waals surface area (Å²) in [5.41, 5.74) is -0.135. The SMILES string of the molecule is CCN1C(=O)[C@H]2CN(CC(C)C)C[C@H]2C12CCN(S(C)(=O)=O)CC2.O=C(O)C(F)(F)F. The highest BCUT2D eigenvalue weighted by molar-refractivity contribution is 7.88. The van der Waals surface area contributed by atoms with E-state index in [4.69, 9.17) is 9.90 Å². The van der Waals surface area contributed by atoms with Gasteiger partial charge in [-0.15, -0.1) is 0 Å². The minimum Gasteiger partial charge on any atom is -0.475 e. The number of piperidine rings is 1. The summed E-state index contributed by atoms with van der Waals surface area (Å²) >= 11 is 0. The van der Waals surface area contributed by atoms with Crippen molar-refractivity contribution in [3.05, 3.63) is 0 Å². The lowest BCUT2D eigenvalue weighted by Gasteiger charge is -2.47. The molecule has 0 aliphatic carbocycles. The average Bonchev–Trinajstić information content (AvgIpc) is 3.12. The Morgan fingerprint density at radius 2 is 1.74 bits per heavy atom. The number of carbonyl (C=O) groups is 2. The van der Waals surface area contributed by atoms with Gasteiger partial charge >= 0.3 is 12.1 Å². The van der Waals surface area contributed by atoms with Crippen LogP contribution in [0.4, 0.5) is 13.2 Å². The molecule has 0 unspecified atom stereocenters. The molecule has 0 aromatic carbocycles. The Balaban J connectivity index is 0.000000423. The predicted molar refractivity (Wildman–Crippen MR) is 108 cm³/mol. The Morgan fingerprint density at radius 1 is 1.23 bits per heavy atom. The first-order valence-corrected chi connectivity index (χ1v) is 12.3. The van der Waals surface area contributed by atoms with Gasteiger partial charge in [0.05, 0.1) is 17.7 Å². The second-order valence-electron chi connectivity index (χ2n) is 8.98. The van der Waals surface area contributed by atoms with Crippen molar-refractivity contribution in [2.24, 2.45) is 17.8 Å². The molecule has 0 aromatic rings. The van der Waals surface area contributed by atoms with Gasteiger partial charge in [0.15, 0.2) is 0 Å². The molecule has 180 valence electrons. The van der Waals surface area contributed by atoms with E-state index < -0.39 is 22.2 Å². The number of nitrogens with zero attached hydrogens (tertiary/aromatic N) is 3. The van der Waals surface area contributed by atoms with Crippen LogP contribution in [0.3, 0.4) is 0 Å². The van der Waals surface area contributed by atoms with E-state index >= 15 is 0 Å². The third-order valence-corrected chi connectivity index (χ3v) is 7.75. The summed E-state index contributed by atoms with van der Waals surface area (Å²) in [6, 6.07) is 0. The summed E-state index contributed by atoms with van der Waals surface area (Å²) in [7, 11) is -3.14. The van der Waals surface area contributed by atoms with E-state index in [1.807, 2.05) is 0 Å². The molecule has 0 radical (unpaired) electrons. The zero-order valence-corrected chi connectivity index (χ0v) is 19.2. The number of rotatable bonds is 4. The topological polar surface area (TPSA) is 98.2 Å². The number of halogens is 3. The average molecular weight is 472 g/mol. The number of aliphatic carboxylic acids is 1. The molecular weight excluding hydrogens is 439 g/mol. The molecule has 1 amide bonds. The molecule has 3 saturated heterocycles. The molecule has 31 heavy (non-hydrogen) atoms. The lowest BCUT2D eigenvalue weighted by atomic mass is 9.75. The fraction of sp³-hybridized carbons (Fsp3) is 0.895. The zero-order chi connectivity index (χ0) is 23.8. The summed E-state index contributed by atoms with van der Waals surface area (Å²) in [6.07, 6.45) is -2.25. The Bertz CT molecular complexity index is 779. The van der Waals surface area contributed by atoms with Gasteiger partial charge in [0.1, 0.15) is 0 Å². The van der Waals surface area contributed by atoms with Crippen molar-refractivity contribution < 1.29 is 36.3 Å². The maximum Gasteiger partial charge on any atom is 0.490 e. The Morgan fingerprint density at radius 3 is 2.13 bits per heavy atom. The van der Waals surface area contributed by atoms with E-state index in [2.05, 4.69) is 30.6 Å². The van der Waals surface area contributed by atoms with Crippen LogP contribution in [0.1, 0.15) is 33.6 Å². The fourth-order valence-electron chi connectivity index (χ4n) is 5.28. The molecule has 0 aromatic heterocycles. The summed E-state index contributed by atoms with van der Waals surface area (Å²) in [5.74, 6) is -1.41. The van der Waals surface area contributed by atoms with Crippen molar-refractivity contribution in [1.29, 1.82) is 0 Å². The maximum atomic E-state index is 13.0. The molecule has 1 N–H and O–H groups in total. The summed E-state index contributed by atoms with van der Waals surface area (Å²) in [6.45, 7) is 11.2. The number of carboxylic acids is 1. The minimum atomic E-state index is -5.08. The fourth-order valence-corrected chi connectivity index (χ4v) is 6.13. The van der Waals surface area contributed by atoms with E-state index in [-0.39, 0.29) is 11.5 Å². The van der Waals surface area contributed by atoms with Gasteiger partial charge in [-0.25, -0.2) is 17.5 Å². The van der Waals surface area contributed by atoms with Crippen molar-refractivity contribution >= 4 is 21.9 Å². The van der Waals surface area contributed by atoms with Crippen LogP contribution in [0.2, 0.25) is 0 Å². The maximum absolute atomic E-state index is 13.0. The smallest absolute Gasteiger partial charge is 0.475 e. The van der Waals surface area contributed by atoms with E-state index in [0.29, 0.717) is 30.8 Å². The highest BCUT2D eigenvalue weighted by Crippen LogP contribution is 2.49. The first-order chi connectivity index (χ1) is 14.1. The number of hydrogen-bond donors (Lipinski definition) is 1. The van der Waals surface area contributed by atoms with Gasteiger partial charge in [-0.2, -0.15) is 13.2 Å². The second kappa shape index (κ2) is 9.22. The van der Waals surface area contributed by atoms with E-state index in [9.17, 15) is 26.4 Å². The monoisotopic (exact) mass is 471 g/mol. The number of hydrogen-bond acceptors (Lipinski definition) is 5. The van der Waals surface area contributed by atoms with Gasteiger partial charge in [-0.1, -0.05) is 13.8 Å². The molecule has 3 heterocycles. The van der Waals surface area contributed by atoms with E-state index in [1.165, 1.54) is 6.26 Å². The molecule has 0 saturated carbocycles. The van der Waals surface area contributed by atoms with Crippen molar-refractivity contribution in [1.82, 2.24) is 14.1 Å². The van der Waals surface area contributed by atoms with Crippen molar-refractivity contribution in [3.63, 3.8) is 0 Å². The molecule has 8 nitrogen and oxygen atoms in total. The van der Waals surface area contributed by atoms with Gasteiger partial charge in [-0.05, 0) is 25.7 Å². The number of fused-ring (bicyclic) bond motifs is 2. The first kappa shape index (κ1) is 25.9. The Labute approximate surface area is 181 Å². The lowest BCUT2D eigenvalue weighted by Crippen LogP contribution is -2.57. The number of sulfonamides is 1. The summed E-state index contributed by atoms with van der Waals surface area (Å²) in [4.78, 5) is 26.4. The Hall–Kier alpha value is -1.40. The van der Waals surface area contributed by atoms with Crippen molar-refractivity contribution in [2.45, 2.75) is 45.3 Å². The van der Waals surface area contributed by atoms with Gasteiger partial charge < -0.3 is 14.9 Å². The number of carboxylic acid groups (broad SMARTS) is 1. The quantitative estimate of drug-likeness (QED) is 0.667. The van der Waals surface area contributed by atoms with E-state index in [0.717, 1.165) is 39.0 Å². The molecule has 3 aliphatic rings. The lowest BCUT2D eigenvalue weighted by molar-refractivity contribution is -0.192. The summed E-state index contributed by atoms with van der Waals surface area (Å²) in [5, 5.41) is 7.12. The molecule has 12 heteroatoms. The first-order valence-electron chi connectivity index (χ1n) is 10.4. The second-order valence-corrected chi connectivity index (χ2v) is 11.0. The van der Waals surface area contributed by atoms with Crippen LogP contribution in [0.25, 0.3) is 0 Å². The normalized spacial score (nSPS) is 26.8. The molecule has 3 fully saturated rings. The highest BCUT2D eigenvalue weighted by atomic mass is 32.2. The molecule has 0 bridgehead atoms. The highest BCUT2D eigenvalue weighted by Gasteiger charge is 2.61. The number of alkyl halides is 3. The van der Waals surface area contributed by atoms with E-state index in [1.54, 1.807) is 4.31 Å². The predicted octanol–water partition coefficient (Wildman–Crippen LogP) is 1.48. The zero-order valence-electron chi connectivity index (χ0n) is 18.4. The van der Waals surface area contributed by atoms with Crippen LogP contribution in [-0.4, -0.2) is 96.7 Å². The van der Waals surface area contributed by atoms with Gasteiger partial charge in [0.25, 0.3) is 0 Å². The van der Waals surface area contributed by atoms with Crippen LogP contribution in [-0.2, 0) is 19.6 Å². The van der Waals surface area contributed by atoms with Gasteiger partial charge in [-0.3, -0.25) is 4.79 Å². The molecular formula is C19H32F3N3O5S. The van der Waals surface area contributed by atoms with Crippen LogP contribution >= 0.6 is 0 Å². The van der Waals surface area contributed by atoms with Gasteiger partial charge in [0.2, 0.25) is 15.9 Å². The third kappa shape index (κ3) is 5.51. The molecule has 3 rings (SSSR count). The summed E-state index contributed by atoms with van der Waals surface area (Å²) < 4.78 is 57.0. The van der Waals surface area contributed by atoms with Crippen LogP contribution < -0.4 is 0 Å². The van der Waals surface area contributed by atoms with Crippen LogP contribution in [0.15, 0.2) is 0 Å². The Kier molecular flexibility index (Phi) is 7.69. The number of amides is 1. The third-order valence-electron chi connectivity index (χ3n) is 6.45. The number of likely N-dealkylation sites (tertiary alicyclic amines) is 2. The molecule has 3 aliphatic heterocycles. The molecule has 2 atom stereocenters. The van der Waals surface area contributed by atoms with Gasteiger partial charge in [0, 0.05) is 45.2 Å².